The van der Waals surface area contributed by atoms with E-state index in [1.54, 1.807) is 24.3 Å². The fraction of sp³-hybridized carbons (Fsp3) is 0.333. The third-order valence-electron chi connectivity index (χ3n) is 3.87. The highest BCUT2D eigenvalue weighted by Gasteiger charge is 2.50. The average Bonchev–Trinajstić information content (AvgIpc) is 3.25. The molecule has 0 bridgehead atoms. The van der Waals surface area contributed by atoms with E-state index in [4.69, 9.17) is 21.4 Å². The highest BCUT2D eigenvalue weighted by Crippen LogP contribution is 2.45. The Balaban J connectivity index is 1.70. The van der Waals surface area contributed by atoms with Crippen LogP contribution in [0.15, 0.2) is 23.8 Å². The minimum Gasteiger partial charge on any atom is -0.488 e. The third-order valence-corrected chi connectivity index (χ3v) is 4.11. The van der Waals surface area contributed by atoms with Crippen LogP contribution in [-0.2, 0) is 9.59 Å². The molecule has 0 spiro atoms. The van der Waals surface area contributed by atoms with Crippen LogP contribution in [-0.4, -0.2) is 30.1 Å². The van der Waals surface area contributed by atoms with Crippen LogP contribution in [0.5, 0.6) is 5.75 Å². The van der Waals surface area contributed by atoms with Gasteiger partial charge in [0.05, 0.1) is 11.0 Å². The van der Waals surface area contributed by atoms with E-state index in [1.165, 1.54) is 0 Å². The number of hydrogen-bond donors (Lipinski definition) is 2. The average molecular weight is 308 g/mol. The predicted octanol–water partition coefficient (Wildman–Crippen LogP) is 2.10. The van der Waals surface area contributed by atoms with Gasteiger partial charge in [0.15, 0.2) is 0 Å². The maximum Gasteiger partial charge on any atom is 0.311 e. The molecule has 3 rings (SSSR count). The normalized spacial score (nSPS) is 18.0. The van der Waals surface area contributed by atoms with Crippen LogP contribution in [0.3, 0.4) is 0 Å². The van der Waals surface area contributed by atoms with E-state index < -0.39 is 11.4 Å². The van der Waals surface area contributed by atoms with Crippen molar-refractivity contribution in [1.29, 1.82) is 0 Å². The summed E-state index contributed by atoms with van der Waals surface area (Å²) in [7, 11) is 0. The van der Waals surface area contributed by atoms with Crippen LogP contribution in [0, 0.1) is 5.41 Å². The minimum atomic E-state index is -0.853. The zero-order chi connectivity index (χ0) is 15.0. The first-order chi connectivity index (χ1) is 10.00. The molecule has 1 saturated carbocycles. The summed E-state index contributed by atoms with van der Waals surface area (Å²) in [6.07, 6.45) is 2.94. The van der Waals surface area contributed by atoms with Crippen LogP contribution in [0.2, 0.25) is 5.02 Å². The number of carbonyl (C=O) groups excluding carboxylic acids is 1. The van der Waals surface area contributed by atoms with Gasteiger partial charge in [0.1, 0.15) is 12.4 Å². The number of hydrogen-bond acceptors (Lipinski definition) is 3. The molecule has 6 heteroatoms. The summed E-state index contributed by atoms with van der Waals surface area (Å²) in [6.45, 7) is 0.321. The molecule has 5 nitrogen and oxygen atoms in total. The largest absolute Gasteiger partial charge is 0.488 e. The van der Waals surface area contributed by atoms with Gasteiger partial charge in [0.25, 0.3) is 5.91 Å². The smallest absolute Gasteiger partial charge is 0.311 e. The maximum absolute atomic E-state index is 12.1. The number of nitrogens with one attached hydrogen (secondary N) is 1. The minimum absolute atomic E-state index is 0.154. The molecule has 1 aromatic carbocycles. The Hall–Kier alpha value is -2.01. The molecule has 0 unspecified atom stereocenters. The van der Waals surface area contributed by atoms with E-state index in [1.807, 2.05) is 0 Å². The van der Waals surface area contributed by atoms with Crippen LogP contribution in [0.4, 0.5) is 0 Å². The Morgan fingerprint density at radius 1 is 1.38 bits per heavy atom. The summed E-state index contributed by atoms with van der Waals surface area (Å²) in [6, 6.07) is 5.21. The van der Waals surface area contributed by atoms with Gasteiger partial charge in [-0.05, 0) is 37.1 Å². The monoisotopic (exact) mass is 307 g/mol. The SMILES string of the molecule is O=C(NCC1(C(=O)O)CC1)C1=Cc2cc(Cl)ccc2OC1. The van der Waals surface area contributed by atoms with Gasteiger partial charge in [-0.2, -0.15) is 0 Å². The van der Waals surface area contributed by atoms with Crippen molar-refractivity contribution in [3.05, 3.63) is 34.4 Å². The van der Waals surface area contributed by atoms with Crippen molar-refractivity contribution in [2.75, 3.05) is 13.2 Å². The Kier molecular flexibility index (Phi) is 3.37. The summed E-state index contributed by atoms with van der Waals surface area (Å²) < 4.78 is 5.50. The van der Waals surface area contributed by atoms with Crippen molar-refractivity contribution in [3.8, 4) is 5.75 Å². The van der Waals surface area contributed by atoms with Crippen molar-refractivity contribution in [1.82, 2.24) is 5.32 Å². The highest BCUT2D eigenvalue weighted by molar-refractivity contribution is 6.30. The molecular weight excluding hydrogens is 294 g/mol. The van der Waals surface area contributed by atoms with Gasteiger partial charge in [-0.3, -0.25) is 9.59 Å². The first-order valence-electron chi connectivity index (χ1n) is 6.65. The van der Waals surface area contributed by atoms with E-state index in [2.05, 4.69) is 5.32 Å². The molecule has 1 amide bonds. The second-order valence-corrected chi connectivity index (χ2v) is 5.84. The Labute approximate surface area is 126 Å². The molecule has 1 aliphatic heterocycles. The maximum atomic E-state index is 12.1. The Morgan fingerprint density at radius 3 is 2.81 bits per heavy atom. The lowest BCUT2D eigenvalue weighted by Crippen LogP contribution is -2.36. The first kappa shape index (κ1) is 13.9. The summed E-state index contributed by atoms with van der Waals surface area (Å²) in [5, 5.41) is 12.3. The lowest BCUT2D eigenvalue weighted by molar-refractivity contribution is -0.143. The van der Waals surface area contributed by atoms with Crippen LogP contribution in [0.25, 0.3) is 6.08 Å². The summed E-state index contributed by atoms with van der Waals surface area (Å²) in [5.74, 6) is -0.470. The van der Waals surface area contributed by atoms with Crippen LogP contribution < -0.4 is 10.1 Å². The number of halogens is 1. The fourth-order valence-corrected chi connectivity index (χ4v) is 2.44. The molecule has 110 valence electrons. The molecule has 0 atom stereocenters. The molecule has 21 heavy (non-hydrogen) atoms. The number of ether oxygens (including phenoxy) is 1. The van der Waals surface area contributed by atoms with E-state index in [9.17, 15) is 9.59 Å². The number of rotatable bonds is 4. The van der Waals surface area contributed by atoms with E-state index in [0.29, 0.717) is 29.2 Å². The molecule has 1 aliphatic carbocycles. The third kappa shape index (κ3) is 2.74. The number of carboxylic acids is 1. The Bertz CT molecular complexity index is 649. The van der Waals surface area contributed by atoms with Crippen molar-refractivity contribution in [2.24, 2.45) is 5.41 Å². The van der Waals surface area contributed by atoms with Gasteiger partial charge in [0, 0.05) is 17.1 Å². The second kappa shape index (κ2) is 5.07. The molecule has 1 heterocycles. The van der Waals surface area contributed by atoms with Gasteiger partial charge in [-0.25, -0.2) is 0 Å². The number of carbonyl (C=O) groups is 2. The van der Waals surface area contributed by atoms with Gasteiger partial charge in [-0.1, -0.05) is 11.6 Å². The van der Waals surface area contributed by atoms with Crippen LogP contribution >= 0.6 is 11.6 Å². The standard InChI is InChI=1S/C15H14ClNO4/c16-11-1-2-12-9(6-11)5-10(7-21-12)13(18)17-8-15(3-4-15)14(19)20/h1-2,5-6H,3-4,7-8H2,(H,17,18)(H,19,20). The first-order valence-corrected chi connectivity index (χ1v) is 7.02. The van der Waals surface area contributed by atoms with Gasteiger partial charge < -0.3 is 15.2 Å². The number of fused-ring (bicyclic) bond motifs is 1. The summed E-state index contributed by atoms with van der Waals surface area (Å²) in [5.41, 5.74) is 0.441. The molecule has 1 fully saturated rings. The van der Waals surface area contributed by atoms with E-state index in [0.717, 1.165) is 5.56 Å². The van der Waals surface area contributed by atoms with E-state index >= 15 is 0 Å². The fourth-order valence-electron chi connectivity index (χ4n) is 2.26. The molecule has 2 aliphatic rings. The molecule has 1 aromatic rings. The molecule has 0 radical (unpaired) electrons. The quantitative estimate of drug-likeness (QED) is 0.893. The van der Waals surface area contributed by atoms with Crippen molar-refractivity contribution < 1.29 is 19.4 Å². The number of carboxylic acid groups (broad SMARTS) is 1. The zero-order valence-corrected chi connectivity index (χ0v) is 11.9. The van der Waals surface area contributed by atoms with Gasteiger partial charge in [0.2, 0.25) is 0 Å². The van der Waals surface area contributed by atoms with E-state index in [-0.39, 0.29) is 19.1 Å². The molecule has 0 saturated heterocycles. The molecular formula is C15H14ClNO4. The van der Waals surface area contributed by atoms with Crippen LogP contribution in [0.1, 0.15) is 18.4 Å². The lowest BCUT2D eigenvalue weighted by atomic mass is 10.1. The summed E-state index contributed by atoms with van der Waals surface area (Å²) in [4.78, 5) is 23.2. The van der Waals surface area contributed by atoms with Crippen molar-refractivity contribution in [2.45, 2.75) is 12.8 Å². The van der Waals surface area contributed by atoms with Gasteiger partial charge >= 0.3 is 5.97 Å². The summed E-state index contributed by atoms with van der Waals surface area (Å²) >= 11 is 5.92. The number of benzene rings is 1. The number of aliphatic carboxylic acids is 1. The zero-order valence-electron chi connectivity index (χ0n) is 11.2. The lowest BCUT2D eigenvalue weighted by Gasteiger charge is -2.18. The second-order valence-electron chi connectivity index (χ2n) is 5.41. The van der Waals surface area contributed by atoms with Crippen molar-refractivity contribution in [3.63, 3.8) is 0 Å². The topological polar surface area (TPSA) is 75.6 Å². The number of amides is 1. The van der Waals surface area contributed by atoms with Crippen molar-refractivity contribution >= 4 is 29.6 Å². The highest BCUT2D eigenvalue weighted by atomic mass is 35.5. The molecule has 2 N–H and O–H groups in total. The van der Waals surface area contributed by atoms with Gasteiger partial charge in [-0.15, -0.1) is 0 Å². The Morgan fingerprint density at radius 2 is 2.14 bits per heavy atom. The molecule has 0 aromatic heterocycles. The predicted molar refractivity (Wildman–Crippen MR) is 77.2 cm³/mol.